The number of nitrogens with one attached hydrogen (secondary N) is 1. The zero-order valence-electron chi connectivity index (χ0n) is 9.87. The molecule has 0 amide bonds. The Labute approximate surface area is 93.2 Å². The molecule has 0 aromatic heterocycles. The Bertz CT molecular complexity index is 178. The molecule has 1 N–H and O–H groups in total. The molecule has 2 fully saturated rings. The van der Waals surface area contributed by atoms with Crippen LogP contribution in [0.15, 0.2) is 0 Å². The van der Waals surface area contributed by atoms with Gasteiger partial charge in [-0.15, -0.1) is 0 Å². The van der Waals surface area contributed by atoms with Crippen LogP contribution >= 0.6 is 0 Å². The van der Waals surface area contributed by atoms with Crippen LogP contribution in [0.3, 0.4) is 0 Å². The van der Waals surface area contributed by atoms with Crippen molar-refractivity contribution in [1.82, 2.24) is 10.2 Å². The predicted molar refractivity (Wildman–Crippen MR) is 62.1 cm³/mol. The molecule has 3 heteroatoms. The number of nitrogens with zero attached hydrogens (tertiary/aromatic N) is 1. The van der Waals surface area contributed by atoms with E-state index in [9.17, 15) is 0 Å². The van der Waals surface area contributed by atoms with Gasteiger partial charge in [-0.2, -0.15) is 0 Å². The number of hydrogen-bond acceptors (Lipinski definition) is 3. The summed E-state index contributed by atoms with van der Waals surface area (Å²) in [6.45, 7) is 9.01. The summed E-state index contributed by atoms with van der Waals surface area (Å²) in [5.74, 6) is 0.705. The van der Waals surface area contributed by atoms with Gasteiger partial charge in [0, 0.05) is 25.1 Å². The molecule has 0 spiro atoms. The van der Waals surface area contributed by atoms with Crippen molar-refractivity contribution in [3.63, 3.8) is 0 Å². The van der Waals surface area contributed by atoms with Crippen LogP contribution in [0, 0.1) is 5.92 Å². The summed E-state index contributed by atoms with van der Waals surface area (Å²) in [5, 5.41) is 3.60. The van der Waals surface area contributed by atoms with E-state index in [-0.39, 0.29) is 0 Å². The van der Waals surface area contributed by atoms with E-state index in [1.807, 2.05) is 0 Å². The summed E-state index contributed by atoms with van der Waals surface area (Å²) >= 11 is 0. The van der Waals surface area contributed by atoms with Gasteiger partial charge in [-0.05, 0) is 38.9 Å². The first kappa shape index (κ1) is 11.4. The second kappa shape index (κ2) is 5.83. The summed E-state index contributed by atoms with van der Waals surface area (Å²) in [6.07, 6.45) is 3.96. The van der Waals surface area contributed by atoms with Crippen molar-refractivity contribution in [2.75, 3.05) is 39.4 Å². The lowest BCUT2D eigenvalue weighted by molar-refractivity contribution is 0.0199. The van der Waals surface area contributed by atoms with Crippen molar-refractivity contribution in [3.8, 4) is 0 Å². The van der Waals surface area contributed by atoms with E-state index < -0.39 is 0 Å². The molecule has 2 rings (SSSR count). The lowest BCUT2D eigenvalue weighted by atomic mass is 9.95. The van der Waals surface area contributed by atoms with E-state index in [1.54, 1.807) is 0 Å². The smallest absolute Gasteiger partial charge is 0.0521 e. The van der Waals surface area contributed by atoms with Gasteiger partial charge in [-0.25, -0.2) is 0 Å². The Morgan fingerprint density at radius 2 is 2.13 bits per heavy atom. The van der Waals surface area contributed by atoms with Gasteiger partial charge in [-0.1, -0.05) is 6.92 Å². The molecule has 3 nitrogen and oxygen atoms in total. The zero-order valence-corrected chi connectivity index (χ0v) is 9.87. The van der Waals surface area contributed by atoms with Crippen LogP contribution in [0.2, 0.25) is 0 Å². The number of rotatable bonds is 4. The molecule has 88 valence electrons. The van der Waals surface area contributed by atoms with Crippen LogP contribution in [0.5, 0.6) is 0 Å². The lowest BCUT2D eigenvalue weighted by Crippen LogP contribution is -2.47. The van der Waals surface area contributed by atoms with Gasteiger partial charge in [0.15, 0.2) is 0 Å². The second-order valence-corrected chi connectivity index (χ2v) is 4.80. The largest absolute Gasteiger partial charge is 0.381 e. The first-order chi connectivity index (χ1) is 7.40. The summed E-state index contributed by atoms with van der Waals surface area (Å²) in [5.41, 5.74) is 0. The minimum Gasteiger partial charge on any atom is -0.381 e. The fourth-order valence-electron chi connectivity index (χ4n) is 2.80. The Kier molecular flexibility index (Phi) is 4.42. The van der Waals surface area contributed by atoms with E-state index >= 15 is 0 Å². The Hall–Kier alpha value is -0.120. The number of hydrogen-bond donors (Lipinski definition) is 1. The van der Waals surface area contributed by atoms with Crippen LogP contribution in [0.4, 0.5) is 0 Å². The normalized spacial score (nSPS) is 33.4. The van der Waals surface area contributed by atoms with Crippen molar-refractivity contribution >= 4 is 0 Å². The highest BCUT2D eigenvalue weighted by Crippen LogP contribution is 2.18. The van der Waals surface area contributed by atoms with Gasteiger partial charge < -0.3 is 15.0 Å². The molecule has 0 aromatic rings. The fourth-order valence-corrected chi connectivity index (χ4v) is 2.80. The van der Waals surface area contributed by atoms with Gasteiger partial charge in [0.25, 0.3) is 0 Å². The highest BCUT2D eigenvalue weighted by Gasteiger charge is 2.27. The van der Waals surface area contributed by atoms with E-state index in [4.69, 9.17) is 4.74 Å². The third kappa shape index (κ3) is 3.16. The molecule has 0 radical (unpaired) electrons. The van der Waals surface area contributed by atoms with Crippen molar-refractivity contribution < 1.29 is 4.74 Å². The van der Waals surface area contributed by atoms with E-state index in [0.717, 1.165) is 19.8 Å². The molecule has 2 atom stereocenters. The number of ether oxygens (including phenoxy) is 1. The third-order valence-corrected chi connectivity index (χ3v) is 3.63. The van der Waals surface area contributed by atoms with Crippen molar-refractivity contribution in [1.29, 1.82) is 0 Å². The summed E-state index contributed by atoms with van der Waals surface area (Å²) in [6, 6.07) is 0.685. The Balaban J connectivity index is 1.80. The van der Waals surface area contributed by atoms with Crippen LogP contribution in [-0.4, -0.2) is 50.3 Å². The first-order valence-electron chi connectivity index (χ1n) is 6.43. The average Bonchev–Trinajstić information content (AvgIpc) is 2.74. The maximum absolute atomic E-state index is 5.60. The predicted octanol–water partition coefficient (Wildman–Crippen LogP) is 1.10. The maximum Gasteiger partial charge on any atom is 0.0521 e. The van der Waals surface area contributed by atoms with Crippen molar-refractivity contribution in [3.05, 3.63) is 0 Å². The van der Waals surface area contributed by atoms with Crippen LogP contribution in [0.25, 0.3) is 0 Å². The fraction of sp³-hybridized carbons (Fsp3) is 1.00. The molecule has 2 aliphatic rings. The summed E-state index contributed by atoms with van der Waals surface area (Å²) in [7, 11) is 0. The monoisotopic (exact) mass is 212 g/mol. The molecule has 2 aliphatic heterocycles. The van der Waals surface area contributed by atoms with E-state index in [0.29, 0.717) is 12.0 Å². The van der Waals surface area contributed by atoms with Gasteiger partial charge in [0.05, 0.1) is 6.61 Å². The van der Waals surface area contributed by atoms with Crippen LogP contribution in [0.1, 0.15) is 26.2 Å². The quantitative estimate of drug-likeness (QED) is 0.755. The number of likely N-dealkylation sites (tertiary alicyclic amines) is 1. The molecular weight excluding hydrogens is 188 g/mol. The van der Waals surface area contributed by atoms with Gasteiger partial charge in [-0.3, -0.25) is 0 Å². The third-order valence-electron chi connectivity index (χ3n) is 3.63. The minimum atomic E-state index is 0.685. The highest BCUT2D eigenvalue weighted by molar-refractivity contribution is 4.83. The minimum absolute atomic E-state index is 0.685. The first-order valence-corrected chi connectivity index (χ1v) is 6.43. The SMILES string of the molecule is CCNC1CCOCC1CN1CCCC1. The average molecular weight is 212 g/mol. The molecule has 2 unspecified atom stereocenters. The molecule has 2 heterocycles. The molecule has 2 saturated heterocycles. The van der Waals surface area contributed by atoms with E-state index in [2.05, 4.69) is 17.1 Å². The molecule has 0 aliphatic carbocycles. The van der Waals surface area contributed by atoms with Crippen LogP contribution < -0.4 is 5.32 Å². The Morgan fingerprint density at radius 3 is 2.87 bits per heavy atom. The summed E-state index contributed by atoms with van der Waals surface area (Å²) < 4.78 is 5.60. The van der Waals surface area contributed by atoms with Gasteiger partial charge in [0.2, 0.25) is 0 Å². The molecule has 15 heavy (non-hydrogen) atoms. The molecule has 0 aromatic carbocycles. The highest BCUT2D eigenvalue weighted by atomic mass is 16.5. The molecule has 0 bridgehead atoms. The lowest BCUT2D eigenvalue weighted by Gasteiger charge is -2.34. The zero-order chi connectivity index (χ0) is 10.5. The summed E-state index contributed by atoms with van der Waals surface area (Å²) in [4.78, 5) is 2.60. The Morgan fingerprint density at radius 1 is 1.33 bits per heavy atom. The topological polar surface area (TPSA) is 24.5 Å². The van der Waals surface area contributed by atoms with Gasteiger partial charge >= 0.3 is 0 Å². The van der Waals surface area contributed by atoms with Crippen LogP contribution in [-0.2, 0) is 4.74 Å². The van der Waals surface area contributed by atoms with Crippen molar-refractivity contribution in [2.24, 2.45) is 5.92 Å². The standard InChI is InChI=1S/C12H24N2O/c1-2-13-12-5-8-15-10-11(12)9-14-6-3-4-7-14/h11-13H,2-10H2,1H3. The van der Waals surface area contributed by atoms with Gasteiger partial charge in [0.1, 0.15) is 0 Å². The molecular formula is C12H24N2O. The van der Waals surface area contributed by atoms with Crippen molar-refractivity contribution in [2.45, 2.75) is 32.2 Å². The van der Waals surface area contributed by atoms with E-state index in [1.165, 1.54) is 38.9 Å². The molecule has 0 saturated carbocycles. The second-order valence-electron chi connectivity index (χ2n) is 4.80. The maximum atomic E-state index is 5.60.